The highest BCUT2D eigenvalue weighted by molar-refractivity contribution is 6.04. The Labute approximate surface area is 193 Å². The molecule has 1 amide bonds. The van der Waals surface area contributed by atoms with Crippen LogP contribution < -0.4 is 15.0 Å². The van der Waals surface area contributed by atoms with Crippen LogP contribution in [0.15, 0.2) is 79.3 Å². The van der Waals surface area contributed by atoms with Gasteiger partial charge in [-0.05, 0) is 60.2 Å². The van der Waals surface area contributed by atoms with E-state index in [0.717, 1.165) is 55.5 Å². The summed E-state index contributed by atoms with van der Waals surface area (Å²) in [6, 6.07) is 19.5. The Morgan fingerprint density at radius 1 is 1.00 bits per heavy atom. The number of carbonyl (C=O) groups excluding carboxylic acids is 1. The van der Waals surface area contributed by atoms with Gasteiger partial charge in [0.2, 0.25) is 0 Å². The molecule has 7 nitrogen and oxygen atoms in total. The van der Waals surface area contributed by atoms with Crippen molar-refractivity contribution in [1.29, 1.82) is 0 Å². The topological polar surface area (TPSA) is 62.1 Å². The zero-order chi connectivity index (χ0) is 22.6. The first-order chi connectivity index (χ1) is 16.2. The first kappa shape index (κ1) is 21.0. The van der Waals surface area contributed by atoms with Crippen LogP contribution in [0.25, 0.3) is 5.52 Å². The number of nitrogens with one attached hydrogen (secondary N) is 1. The fourth-order valence-corrected chi connectivity index (χ4v) is 4.24. The Morgan fingerprint density at radius 3 is 2.52 bits per heavy atom. The van der Waals surface area contributed by atoms with Gasteiger partial charge in [0.1, 0.15) is 11.6 Å². The van der Waals surface area contributed by atoms with Crippen LogP contribution in [-0.4, -0.2) is 53.5 Å². The van der Waals surface area contributed by atoms with E-state index >= 15 is 0 Å². The highest BCUT2D eigenvalue weighted by Gasteiger charge is 2.20. The molecule has 0 saturated carbocycles. The van der Waals surface area contributed by atoms with Crippen LogP contribution in [0.4, 0.5) is 11.5 Å². The number of rotatable bonds is 6. The summed E-state index contributed by atoms with van der Waals surface area (Å²) in [5, 5.41) is 2.96. The third kappa shape index (κ3) is 4.68. The normalized spacial score (nSPS) is 14.4. The summed E-state index contributed by atoms with van der Waals surface area (Å²) in [5.74, 6) is 1.74. The Balaban J connectivity index is 1.28. The minimum Gasteiger partial charge on any atom is -0.497 e. The lowest BCUT2D eigenvalue weighted by molar-refractivity contribution is 0.102. The molecular formula is C26H27N5O2. The van der Waals surface area contributed by atoms with Gasteiger partial charge in [0.05, 0.1) is 12.7 Å². The van der Waals surface area contributed by atoms with Crippen LogP contribution >= 0.6 is 0 Å². The van der Waals surface area contributed by atoms with Gasteiger partial charge in [-0.1, -0.05) is 6.07 Å². The molecule has 1 aliphatic rings. The molecule has 3 aromatic heterocycles. The monoisotopic (exact) mass is 441 g/mol. The van der Waals surface area contributed by atoms with Crippen LogP contribution in [0, 0.1) is 0 Å². The van der Waals surface area contributed by atoms with E-state index in [9.17, 15) is 4.79 Å². The Bertz CT molecular complexity index is 1230. The van der Waals surface area contributed by atoms with Gasteiger partial charge in [0.15, 0.2) is 0 Å². The number of carbonyl (C=O) groups is 1. The molecule has 0 atom stereocenters. The molecule has 1 aliphatic heterocycles. The average Bonchev–Trinajstić information content (AvgIpc) is 3.29. The Morgan fingerprint density at radius 2 is 1.79 bits per heavy atom. The lowest BCUT2D eigenvalue weighted by Gasteiger charge is -2.35. The molecule has 7 heteroatoms. The van der Waals surface area contributed by atoms with Gasteiger partial charge in [0.25, 0.3) is 5.91 Å². The van der Waals surface area contributed by atoms with Crippen LogP contribution in [0.2, 0.25) is 0 Å². The molecule has 0 bridgehead atoms. The summed E-state index contributed by atoms with van der Waals surface area (Å²) < 4.78 is 7.29. The Kier molecular flexibility index (Phi) is 5.95. The zero-order valence-corrected chi connectivity index (χ0v) is 18.6. The molecule has 0 radical (unpaired) electrons. The molecule has 0 spiro atoms. The molecule has 1 saturated heterocycles. The molecule has 5 rings (SSSR count). The number of ether oxygens (including phenoxy) is 1. The maximum atomic E-state index is 12.9. The molecule has 33 heavy (non-hydrogen) atoms. The van der Waals surface area contributed by atoms with Crippen molar-refractivity contribution in [3.05, 3.63) is 90.4 Å². The van der Waals surface area contributed by atoms with E-state index in [1.54, 1.807) is 7.11 Å². The van der Waals surface area contributed by atoms with Crippen LogP contribution in [0.3, 0.4) is 0 Å². The number of hydrogen-bond donors (Lipinski definition) is 1. The number of aromatic nitrogens is 2. The molecular weight excluding hydrogens is 414 g/mol. The van der Waals surface area contributed by atoms with Gasteiger partial charge in [-0.15, -0.1) is 0 Å². The third-order valence-corrected chi connectivity index (χ3v) is 6.07. The highest BCUT2D eigenvalue weighted by Crippen LogP contribution is 2.23. The predicted octanol–water partition coefficient (Wildman–Crippen LogP) is 3.92. The van der Waals surface area contributed by atoms with Crippen molar-refractivity contribution in [2.24, 2.45) is 0 Å². The molecule has 0 unspecified atom stereocenters. The number of fused-ring (bicyclic) bond motifs is 1. The highest BCUT2D eigenvalue weighted by atomic mass is 16.5. The number of methoxy groups -OCH3 is 1. The first-order valence-corrected chi connectivity index (χ1v) is 11.1. The summed E-state index contributed by atoms with van der Waals surface area (Å²) in [5.41, 5.74) is 3.67. The van der Waals surface area contributed by atoms with Gasteiger partial charge < -0.3 is 19.4 Å². The number of pyridine rings is 2. The number of hydrogen-bond acceptors (Lipinski definition) is 5. The van der Waals surface area contributed by atoms with E-state index in [4.69, 9.17) is 4.74 Å². The van der Waals surface area contributed by atoms with Gasteiger partial charge >= 0.3 is 0 Å². The molecule has 4 aromatic rings. The van der Waals surface area contributed by atoms with Crippen molar-refractivity contribution in [1.82, 2.24) is 14.3 Å². The fourth-order valence-electron chi connectivity index (χ4n) is 4.24. The summed E-state index contributed by atoms with van der Waals surface area (Å²) in [7, 11) is 1.62. The van der Waals surface area contributed by atoms with Crippen molar-refractivity contribution in [2.75, 3.05) is 43.5 Å². The van der Waals surface area contributed by atoms with E-state index in [2.05, 4.69) is 42.7 Å². The van der Waals surface area contributed by atoms with Crippen molar-refractivity contribution in [3.63, 3.8) is 0 Å². The number of nitrogens with zero attached hydrogens (tertiary/aromatic N) is 4. The maximum absolute atomic E-state index is 12.9. The third-order valence-electron chi connectivity index (χ3n) is 6.07. The second-order valence-electron chi connectivity index (χ2n) is 8.21. The number of amides is 1. The zero-order valence-electron chi connectivity index (χ0n) is 18.6. The minimum absolute atomic E-state index is 0.136. The lowest BCUT2D eigenvalue weighted by atomic mass is 10.2. The van der Waals surface area contributed by atoms with E-state index in [-0.39, 0.29) is 5.91 Å². The van der Waals surface area contributed by atoms with Crippen molar-refractivity contribution < 1.29 is 9.53 Å². The van der Waals surface area contributed by atoms with Gasteiger partial charge in [0, 0.05) is 62.5 Å². The standard InChI is InChI=1S/C26H27N5O2/c1-33-24-9-5-22(6-10-24)28-26(32)21-4-7-23-8-11-25(31(23)19-21)30-15-13-29(14-16-30)18-20-3-2-12-27-17-20/h2-12,17,19H,13-16,18H2,1H3,(H,28,32). The number of piperazine rings is 1. The van der Waals surface area contributed by atoms with E-state index in [1.165, 1.54) is 5.56 Å². The van der Waals surface area contributed by atoms with Gasteiger partial charge in [-0.2, -0.15) is 0 Å². The largest absolute Gasteiger partial charge is 0.497 e. The Hall–Kier alpha value is -3.84. The SMILES string of the molecule is COc1ccc(NC(=O)c2ccc3ccc(N4CCN(Cc5cccnc5)CC4)n3c2)cc1. The quantitative estimate of drug-likeness (QED) is 0.492. The predicted molar refractivity (Wildman–Crippen MR) is 130 cm³/mol. The second kappa shape index (κ2) is 9.34. The molecule has 4 heterocycles. The van der Waals surface area contributed by atoms with Crippen molar-refractivity contribution >= 4 is 22.9 Å². The van der Waals surface area contributed by atoms with Gasteiger partial charge in [-0.25, -0.2) is 0 Å². The maximum Gasteiger partial charge on any atom is 0.257 e. The minimum atomic E-state index is -0.136. The fraction of sp³-hybridized carbons (Fsp3) is 0.231. The smallest absolute Gasteiger partial charge is 0.257 e. The molecule has 1 N–H and O–H groups in total. The lowest BCUT2D eigenvalue weighted by Crippen LogP contribution is -2.46. The van der Waals surface area contributed by atoms with E-state index in [0.29, 0.717) is 5.56 Å². The van der Waals surface area contributed by atoms with Crippen molar-refractivity contribution in [2.45, 2.75) is 6.54 Å². The molecule has 168 valence electrons. The van der Waals surface area contributed by atoms with Gasteiger partial charge in [-0.3, -0.25) is 14.7 Å². The number of anilines is 2. The van der Waals surface area contributed by atoms with Crippen LogP contribution in [-0.2, 0) is 6.54 Å². The second-order valence-corrected chi connectivity index (χ2v) is 8.21. The van der Waals surface area contributed by atoms with Crippen LogP contribution in [0.5, 0.6) is 5.75 Å². The molecule has 1 aromatic carbocycles. The number of benzene rings is 1. The summed E-state index contributed by atoms with van der Waals surface area (Å²) in [6.45, 7) is 4.77. The summed E-state index contributed by atoms with van der Waals surface area (Å²) >= 11 is 0. The van der Waals surface area contributed by atoms with Crippen molar-refractivity contribution in [3.8, 4) is 5.75 Å². The first-order valence-electron chi connectivity index (χ1n) is 11.1. The summed E-state index contributed by atoms with van der Waals surface area (Å²) in [6.07, 6.45) is 5.67. The summed E-state index contributed by atoms with van der Waals surface area (Å²) in [4.78, 5) is 21.9. The molecule has 1 fully saturated rings. The van der Waals surface area contributed by atoms with Crippen LogP contribution in [0.1, 0.15) is 15.9 Å². The van der Waals surface area contributed by atoms with E-state index in [1.807, 2.05) is 61.1 Å². The average molecular weight is 442 g/mol. The molecule has 0 aliphatic carbocycles. The van der Waals surface area contributed by atoms with E-state index < -0.39 is 0 Å².